The molecule has 5 heteroatoms. The van der Waals surface area contributed by atoms with Gasteiger partial charge in [0.2, 0.25) is 0 Å². The van der Waals surface area contributed by atoms with Crippen LogP contribution < -0.4 is 5.32 Å². The van der Waals surface area contributed by atoms with Gasteiger partial charge in [0, 0.05) is 46.8 Å². The van der Waals surface area contributed by atoms with E-state index in [2.05, 4.69) is 27.3 Å². The smallest absolute Gasteiger partial charge is 0.252 e. The molecule has 42 heavy (non-hydrogen) atoms. The number of nitrogens with zero attached hydrogens (tertiary/aromatic N) is 2. The lowest BCUT2D eigenvalue weighted by Crippen LogP contribution is -2.38. The van der Waals surface area contributed by atoms with Crippen LogP contribution in [0, 0.1) is 12.8 Å². The van der Waals surface area contributed by atoms with Gasteiger partial charge in [-0.3, -0.25) is 19.5 Å². The predicted octanol–water partition coefficient (Wildman–Crippen LogP) is 7.54. The van der Waals surface area contributed by atoms with Crippen molar-refractivity contribution in [3.05, 3.63) is 112 Å². The third-order valence-electron chi connectivity index (χ3n) is 9.94. The van der Waals surface area contributed by atoms with Crippen molar-refractivity contribution in [3.63, 3.8) is 0 Å². The van der Waals surface area contributed by atoms with Gasteiger partial charge in [0.25, 0.3) is 5.91 Å². The summed E-state index contributed by atoms with van der Waals surface area (Å²) < 4.78 is 0. The Labute approximate surface area is 248 Å². The summed E-state index contributed by atoms with van der Waals surface area (Å²) in [4.78, 5) is 33.5. The standard InChI is InChI=1S/C37H39N3O2/c1-24-10-16-29-31(8-5-9-33(29)38-24)37(42)39-28-14-11-25(12-15-28)20-21-40-34-18-19-35(40)32-23-27(13-17-30(32)34)36(41)22-26-6-3-2-4-7-26/h2-10,13,16-17,23,25,28,34-35H,11-12,14-15,18-22H2,1H3,(H,39,42)/t25?,28?,34-,35+/m0/s1. The van der Waals surface area contributed by atoms with Crippen LogP contribution in [-0.2, 0) is 6.42 Å². The van der Waals surface area contributed by atoms with Crippen molar-refractivity contribution in [1.82, 2.24) is 15.2 Å². The number of hydrogen-bond donors (Lipinski definition) is 1. The number of Topliss-reactive ketones (excluding diaryl/α,β-unsaturated/α-hetero) is 1. The molecule has 3 aliphatic rings. The molecule has 0 radical (unpaired) electrons. The van der Waals surface area contributed by atoms with E-state index in [0.717, 1.165) is 65.5 Å². The number of aromatic nitrogens is 1. The molecule has 214 valence electrons. The van der Waals surface area contributed by atoms with Gasteiger partial charge in [-0.05, 0) is 105 Å². The second-order valence-electron chi connectivity index (χ2n) is 12.6. The van der Waals surface area contributed by atoms with Crippen LogP contribution in [0.25, 0.3) is 10.9 Å². The summed E-state index contributed by atoms with van der Waals surface area (Å²) >= 11 is 0. The number of benzene rings is 3. The minimum absolute atomic E-state index is 0.0164. The maximum atomic E-state index is 13.2. The molecule has 1 aromatic heterocycles. The molecule has 2 fully saturated rings. The Morgan fingerprint density at radius 3 is 2.43 bits per heavy atom. The number of amides is 1. The molecule has 1 amide bonds. The Hall–Kier alpha value is -3.83. The molecule has 0 unspecified atom stereocenters. The van der Waals surface area contributed by atoms with Crippen molar-refractivity contribution >= 4 is 22.6 Å². The van der Waals surface area contributed by atoms with E-state index in [-0.39, 0.29) is 17.7 Å². The fraction of sp³-hybridized carbons (Fsp3) is 0.378. The summed E-state index contributed by atoms with van der Waals surface area (Å²) in [5, 5.41) is 4.24. The van der Waals surface area contributed by atoms with E-state index in [1.54, 1.807) is 0 Å². The summed E-state index contributed by atoms with van der Waals surface area (Å²) in [5.41, 5.74) is 7.29. The molecule has 3 heterocycles. The lowest BCUT2D eigenvalue weighted by Gasteiger charge is -2.31. The minimum Gasteiger partial charge on any atom is -0.349 e. The Balaban J connectivity index is 0.925. The van der Waals surface area contributed by atoms with E-state index >= 15 is 0 Å². The highest BCUT2D eigenvalue weighted by Gasteiger charge is 2.43. The summed E-state index contributed by atoms with van der Waals surface area (Å²) in [6.07, 6.45) is 8.48. The van der Waals surface area contributed by atoms with Gasteiger partial charge in [-0.25, -0.2) is 0 Å². The van der Waals surface area contributed by atoms with Crippen molar-refractivity contribution in [3.8, 4) is 0 Å². The first-order chi connectivity index (χ1) is 20.5. The van der Waals surface area contributed by atoms with Gasteiger partial charge in [0.05, 0.1) is 5.52 Å². The van der Waals surface area contributed by atoms with Gasteiger partial charge < -0.3 is 5.32 Å². The molecule has 4 aromatic rings. The zero-order valence-corrected chi connectivity index (χ0v) is 24.4. The zero-order chi connectivity index (χ0) is 28.6. The Morgan fingerprint density at radius 1 is 0.833 bits per heavy atom. The van der Waals surface area contributed by atoms with Gasteiger partial charge in [-0.15, -0.1) is 0 Å². The number of carbonyl (C=O) groups excluding carboxylic acids is 2. The van der Waals surface area contributed by atoms with Gasteiger partial charge in [0.15, 0.2) is 5.78 Å². The largest absolute Gasteiger partial charge is 0.349 e. The van der Waals surface area contributed by atoms with Gasteiger partial charge in [-0.1, -0.05) is 54.6 Å². The molecular weight excluding hydrogens is 518 g/mol. The molecule has 1 N–H and O–H groups in total. The maximum absolute atomic E-state index is 13.2. The molecule has 1 saturated heterocycles. The van der Waals surface area contributed by atoms with Crippen LogP contribution in [0.4, 0.5) is 0 Å². The second-order valence-corrected chi connectivity index (χ2v) is 12.6. The molecule has 3 aromatic carbocycles. The van der Waals surface area contributed by atoms with Gasteiger partial charge in [-0.2, -0.15) is 0 Å². The van der Waals surface area contributed by atoms with Crippen molar-refractivity contribution in [2.45, 2.75) is 76.4 Å². The van der Waals surface area contributed by atoms with Gasteiger partial charge >= 0.3 is 0 Å². The van der Waals surface area contributed by atoms with Crippen LogP contribution in [0.2, 0.25) is 0 Å². The van der Waals surface area contributed by atoms with Crippen molar-refractivity contribution in [2.75, 3.05) is 6.54 Å². The molecule has 2 aliphatic heterocycles. The van der Waals surface area contributed by atoms with Gasteiger partial charge in [0.1, 0.15) is 0 Å². The summed E-state index contributed by atoms with van der Waals surface area (Å²) in [5.74, 6) is 0.922. The number of carbonyl (C=O) groups is 2. The first-order valence-electron chi connectivity index (χ1n) is 15.7. The first-order valence-corrected chi connectivity index (χ1v) is 15.7. The quantitative estimate of drug-likeness (QED) is 0.227. The van der Waals surface area contributed by atoms with E-state index in [0.29, 0.717) is 24.4 Å². The number of pyridine rings is 1. The molecule has 2 atom stereocenters. The molecule has 7 rings (SSSR count). The Kier molecular flexibility index (Phi) is 7.37. The van der Waals surface area contributed by atoms with Crippen molar-refractivity contribution in [2.24, 2.45) is 5.92 Å². The highest BCUT2D eigenvalue weighted by Crippen LogP contribution is 2.53. The number of nitrogens with one attached hydrogen (secondary N) is 1. The lowest BCUT2D eigenvalue weighted by atomic mass is 9.84. The summed E-state index contributed by atoms with van der Waals surface area (Å²) in [6.45, 7) is 3.09. The number of fused-ring (bicyclic) bond motifs is 6. The van der Waals surface area contributed by atoms with E-state index in [9.17, 15) is 9.59 Å². The average molecular weight is 558 g/mol. The Morgan fingerprint density at radius 2 is 1.62 bits per heavy atom. The Bertz CT molecular complexity index is 1620. The van der Waals surface area contributed by atoms with E-state index < -0.39 is 0 Å². The zero-order valence-electron chi connectivity index (χ0n) is 24.4. The van der Waals surface area contributed by atoms with Crippen LogP contribution in [0.5, 0.6) is 0 Å². The fourth-order valence-electron chi connectivity index (χ4n) is 7.71. The van der Waals surface area contributed by atoms with E-state index in [4.69, 9.17) is 0 Å². The van der Waals surface area contributed by atoms with Crippen molar-refractivity contribution in [1.29, 1.82) is 0 Å². The first kappa shape index (κ1) is 27.0. The molecule has 1 aliphatic carbocycles. The van der Waals surface area contributed by atoms with Crippen LogP contribution in [-0.4, -0.2) is 34.2 Å². The molecule has 0 spiro atoms. The van der Waals surface area contributed by atoms with Crippen LogP contribution >= 0.6 is 0 Å². The number of ketones is 1. The minimum atomic E-state index is 0.0164. The predicted molar refractivity (Wildman–Crippen MR) is 167 cm³/mol. The highest BCUT2D eigenvalue weighted by atomic mass is 16.1. The normalized spacial score (nSPS) is 23.2. The highest BCUT2D eigenvalue weighted by molar-refractivity contribution is 6.06. The summed E-state index contributed by atoms with van der Waals surface area (Å²) in [7, 11) is 0. The topological polar surface area (TPSA) is 62.3 Å². The van der Waals surface area contributed by atoms with Crippen LogP contribution in [0.3, 0.4) is 0 Å². The number of aryl methyl sites for hydroxylation is 1. The van der Waals surface area contributed by atoms with Crippen LogP contribution in [0.1, 0.15) is 100 Å². The molecule has 1 saturated carbocycles. The number of rotatable bonds is 8. The molecular formula is C37H39N3O2. The van der Waals surface area contributed by atoms with Crippen molar-refractivity contribution < 1.29 is 9.59 Å². The third-order valence-corrected chi connectivity index (χ3v) is 9.94. The molecule has 2 bridgehead atoms. The van der Waals surface area contributed by atoms with E-state index in [1.807, 2.05) is 73.7 Å². The van der Waals surface area contributed by atoms with E-state index in [1.165, 1.54) is 30.4 Å². The maximum Gasteiger partial charge on any atom is 0.252 e. The third kappa shape index (κ3) is 5.27. The second kappa shape index (κ2) is 11.4. The monoisotopic (exact) mass is 557 g/mol. The average Bonchev–Trinajstić information content (AvgIpc) is 3.56. The van der Waals surface area contributed by atoms with Crippen LogP contribution in [0.15, 0.2) is 78.9 Å². The number of hydrogen-bond acceptors (Lipinski definition) is 4. The fourth-order valence-corrected chi connectivity index (χ4v) is 7.71. The SMILES string of the molecule is Cc1ccc2c(C(=O)NC3CCC(CCN4[C@@H]5CC[C@H]4c4ccc(C(=O)Cc6ccccc6)cc45)CC3)cccc2n1. The lowest BCUT2D eigenvalue weighted by molar-refractivity contribution is 0.0919. The summed E-state index contributed by atoms with van der Waals surface area (Å²) in [6, 6.07) is 27.5. The molecule has 5 nitrogen and oxygen atoms in total.